The molecule has 3 heterocycles. The summed E-state index contributed by atoms with van der Waals surface area (Å²) in [4.78, 5) is 16.9. The Bertz CT molecular complexity index is 927. The lowest BCUT2D eigenvalue weighted by Gasteiger charge is -2.37. The first kappa shape index (κ1) is 17.5. The van der Waals surface area contributed by atoms with Crippen molar-refractivity contribution < 1.29 is 13.2 Å². The number of para-hydroxylation sites is 1. The van der Waals surface area contributed by atoms with Gasteiger partial charge in [-0.15, -0.1) is 0 Å². The topological polar surface area (TPSA) is 62.6 Å². The second-order valence-corrected chi connectivity index (χ2v) is 9.63. The zero-order valence-corrected chi connectivity index (χ0v) is 15.9. The number of amides is 1. The molecule has 0 aliphatic carbocycles. The summed E-state index contributed by atoms with van der Waals surface area (Å²) < 4.78 is 25.4. The standard InChI is InChI=1S/C19H25N3O3S/c1-15-12-16-4-2-3-5-18(16)22(15)13-19(23)21-9-7-20(8-10-21)17-6-11-26(24,25)14-17/h2-5,12,17H,6-11,13-14H2,1H3. The lowest BCUT2D eigenvalue weighted by Crippen LogP contribution is -2.52. The molecule has 26 heavy (non-hydrogen) atoms. The van der Waals surface area contributed by atoms with Crippen molar-refractivity contribution in [2.45, 2.75) is 25.9 Å². The quantitative estimate of drug-likeness (QED) is 0.811. The predicted octanol–water partition coefficient (Wildman–Crippen LogP) is 1.28. The highest BCUT2D eigenvalue weighted by molar-refractivity contribution is 7.91. The number of aromatic nitrogens is 1. The molecule has 0 radical (unpaired) electrons. The molecule has 2 saturated heterocycles. The molecule has 2 aliphatic heterocycles. The number of fused-ring (bicyclic) bond motifs is 1. The molecule has 2 aliphatic rings. The second-order valence-electron chi connectivity index (χ2n) is 7.40. The maximum absolute atomic E-state index is 12.8. The van der Waals surface area contributed by atoms with Crippen LogP contribution in [0.3, 0.4) is 0 Å². The molecule has 1 aromatic carbocycles. The van der Waals surface area contributed by atoms with E-state index in [1.54, 1.807) is 0 Å². The maximum Gasteiger partial charge on any atom is 0.242 e. The smallest absolute Gasteiger partial charge is 0.242 e. The second kappa shape index (κ2) is 6.70. The molecule has 2 fully saturated rings. The average Bonchev–Trinajstić information content (AvgIpc) is 3.14. The summed E-state index contributed by atoms with van der Waals surface area (Å²) in [6, 6.07) is 10.4. The molecule has 140 valence electrons. The van der Waals surface area contributed by atoms with E-state index in [1.165, 1.54) is 0 Å². The number of carbonyl (C=O) groups is 1. The van der Waals surface area contributed by atoms with Crippen LogP contribution in [0, 0.1) is 6.92 Å². The van der Waals surface area contributed by atoms with Gasteiger partial charge < -0.3 is 9.47 Å². The molecule has 1 unspecified atom stereocenters. The molecule has 6 nitrogen and oxygen atoms in total. The van der Waals surface area contributed by atoms with Gasteiger partial charge in [-0.2, -0.15) is 0 Å². The van der Waals surface area contributed by atoms with E-state index in [4.69, 9.17) is 0 Å². The Labute approximate surface area is 154 Å². The van der Waals surface area contributed by atoms with Crippen LogP contribution in [0.4, 0.5) is 0 Å². The minimum atomic E-state index is -2.86. The minimum Gasteiger partial charge on any atom is -0.339 e. The van der Waals surface area contributed by atoms with Crippen LogP contribution in [0.2, 0.25) is 0 Å². The van der Waals surface area contributed by atoms with E-state index in [-0.39, 0.29) is 17.7 Å². The molecule has 0 spiro atoms. The van der Waals surface area contributed by atoms with Crippen molar-refractivity contribution in [1.29, 1.82) is 0 Å². The van der Waals surface area contributed by atoms with Crippen LogP contribution in [0.25, 0.3) is 10.9 Å². The van der Waals surface area contributed by atoms with Crippen molar-refractivity contribution >= 4 is 26.6 Å². The van der Waals surface area contributed by atoms with E-state index in [2.05, 4.69) is 21.6 Å². The molecule has 7 heteroatoms. The number of carbonyl (C=O) groups excluding carboxylic acids is 1. The van der Waals surface area contributed by atoms with Gasteiger partial charge in [0.1, 0.15) is 6.54 Å². The first-order chi connectivity index (χ1) is 12.4. The van der Waals surface area contributed by atoms with Gasteiger partial charge in [-0.3, -0.25) is 9.69 Å². The first-order valence-electron chi connectivity index (χ1n) is 9.20. The van der Waals surface area contributed by atoms with Crippen LogP contribution in [-0.4, -0.2) is 72.4 Å². The summed E-state index contributed by atoms with van der Waals surface area (Å²) in [5.41, 5.74) is 2.18. The highest BCUT2D eigenvalue weighted by Gasteiger charge is 2.34. The summed E-state index contributed by atoms with van der Waals surface area (Å²) in [6.45, 7) is 5.26. The lowest BCUT2D eigenvalue weighted by atomic mass is 10.2. The summed E-state index contributed by atoms with van der Waals surface area (Å²) >= 11 is 0. The monoisotopic (exact) mass is 375 g/mol. The Balaban J connectivity index is 1.39. The zero-order chi connectivity index (χ0) is 18.3. The normalized spacial score (nSPS) is 23.6. The molecule has 2 aromatic rings. The predicted molar refractivity (Wildman–Crippen MR) is 102 cm³/mol. The highest BCUT2D eigenvalue weighted by atomic mass is 32.2. The van der Waals surface area contributed by atoms with E-state index < -0.39 is 9.84 Å². The summed E-state index contributed by atoms with van der Waals surface area (Å²) in [5, 5.41) is 1.16. The van der Waals surface area contributed by atoms with Gasteiger partial charge in [-0.1, -0.05) is 18.2 Å². The van der Waals surface area contributed by atoms with Crippen molar-refractivity contribution in [3.8, 4) is 0 Å². The van der Waals surface area contributed by atoms with E-state index in [0.717, 1.165) is 36.1 Å². The minimum absolute atomic E-state index is 0.132. The van der Waals surface area contributed by atoms with Gasteiger partial charge in [0.2, 0.25) is 5.91 Å². The Morgan fingerprint density at radius 1 is 1.15 bits per heavy atom. The molecule has 0 N–H and O–H groups in total. The van der Waals surface area contributed by atoms with Crippen LogP contribution in [0.5, 0.6) is 0 Å². The van der Waals surface area contributed by atoms with Crippen molar-refractivity contribution in [2.75, 3.05) is 37.7 Å². The number of rotatable bonds is 3. The summed E-state index contributed by atoms with van der Waals surface area (Å²) in [5.74, 6) is 0.708. The number of benzene rings is 1. The lowest BCUT2D eigenvalue weighted by molar-refractivity contribution is -0.133. The number of hydrogen-bond donors (Lipinski definition) is 0. The number of sulfone groups is 1. The molecule has 1 atom stereocenters. The van der Waals surface area contributed by atoms with E-state index in [0.29, 0.717) is 25.4 Å². The third-order valence-corrected chi connectivity index (χ3v) is 7.45. The van der Waals surface area contributed by atoms with Crippen molar-refractivity contribution in [1.82, 2.24) is 14.4 Å². The molecule has 1 aromatic heterocycles. The molecule has 0 bridgehead atoms. The van der Waals surface area contributed by atoms with Gasteiger partial charge >= 0.3 is 0 Å². The summed E-state index contributed by atoms with van der Waals surface area (Å²) in [7, 11) is -2.86. The Kier molecular flexibility index (Phi) is 4.52. The van der Waals surface area contributed by atoms with Crippen LogP contribution in [0.15, 0.2) is 30.3 Å². The fourth-order valence-electron chi connectivity index (χ4n) is 4.19. The van der Waals surface area contributed by atoms with Gasteiger partial charge in [-0.05, 0) is 30.9 Å². The fourth-order valence-corrected chi connectivity index (χ4v) is 5.95. The van der Waals surface area contributed by atoms with Crippen LogP contribution in [-0.2, 0) is 21.2 Å². The first-order valence-corrected chi connectivity index (χ1v) is 11.0. The van der Waals surface area contributed by atoms with Gasteiger partial charge in [0.25, 0.3) is 0 Å². The number of nitrogens with zero attached hydrogens (tertiary/aromatic N) is 3. The van der Waals surface area contributed by atoms with Gasteiger partial charge in [0.05, 0.1) is 11.5 Å². The van der Waals surface area contributed by atoms with Crippen LogP contribution >= 0.6 is 0 Å². The number of aryl methyl sites for hydroxylation is 1. The third kappa shape index (κ3) is 3.38. The van der Waals surface area contributed by atoms with Crippen LogP contribution < -0.4 is 0 Å². The van der Waals surface area contributed by atoms with Crippen LogP contribution in [0.1, 0.15) is 12.1 Å². The maximum atomic E-state index is 12.8. The zero-order valence-electron chi connectivity index (χ0n) is 15.1. The Morgan fingerprint density at radius 2 is 1.88 bits per heavy atom. The number of hydrogen-bond acceptors (Lipinski definition) is 4. The molecular formula is C19H25N3O3S. The molecule has 1 amide bonds. The van der Waals surface area contributed by atoms with E-state index in [9.17, 15) is 13.2 Å². The SMILES string of the molecule is Cc1cc2ccccc2n1CC(=O)N1CCN(C2CCS(=O)(=O)C2)CC1. The van der Waals surface area contributed by atoms with E-state index in [1.807, 2.05) is 30.0 Å². The van der Waals surface area contributed by atoms with Crippen molar-refractivity contribution in [3.05, 3.63) is 36.0 Å². The third-order valence-electron chi connectivity index (χ3n) is 5.70. The Hall–Kier alpha value is -1.86. The molecule has 0 saturated carbocycles. The average molecular weight is 375 g/mol. The number of piperazine rings is 1. The van der Waals surface area contributed by atoms with Gasteiger partial charge in [-0.25, -0.2) is 8.42 Å². The fraction of sp³-hybridized carbons (Fsp3) is 0.526. The van der Waals surface area contributed by atoms with E-state index >= 15 is 0 Å². The highest BCUT2D eigenvalue weighted by Crippen LogP contribution is 2.21. The summed E-state index contributed by atoms with van der Waals surface area (Å²) in [6.07, 6.45) is 0.727. The largest absolute Gasteiger partial charge is 0.339 e. The van der Waals surface area contributed by atoms with Crippen molar-refractivity contribution in [3.63, 3.8) is 0 Å². The molecular weight excluding hydrogens is 350 g/mol. The van der Waals surface area contributed by atoms with Gasteiger partial charge in [0, 0.05) is 43.4 Å². The van der Waals surface area contributed by atoms with Crippen molar-refractivity contribution in [2.24, 2.45) is 0 Å². The molecule has 4 rings (SSSR count). The Morgan fingerprint density at radius 3 is 2.58 bits per heavy atom. The van der Waals surface area contributed by atoms with Gasteiger partial charge in [0.15, 0.2) is 9.84 Å².